The van der Waals surface area contributed by atoms with E-state index in [0.717, 1.165) is 51.7 Å². The Morgan fingerprint density at radius 1 is 1.03 bits per heavy atom. The first-order valence-corrected chi connectivity index (χ1v) is 13.7. The monoisotopic (exact) mass is 525 g/mol. The van der Waals surface area contributed by atoms with Crippen LogP contribution in [0.1, 0.15) is 77.6 Å². The fraction of sp³-hybridized carbons (Fsp3) is 0.714. The number of ether oxygens (including phenoxy) is 1. The van der Waals surface area contributed by atoms with E-state index in [1.807, 2.05) is 53.1 Å². The summed E-state index contributed by atoms with van der Waals surface area (Å²) in [7, 11) is 0. The van der Waals surface area contributed by atoms with Crippen molar-refractivity contribution in [1.29, 1.82) is 0 Å². The summed E-state index contributed by atoms with van der Waals surface area (Å²) >= 11 is 0. The van der Waals surface area contributed by atoms with E-state index in [-0.39, 0.29) is 18.0 Å². The molecular weight excluding hydrogens is 483 g/mol. The summed E-state index contributed by atoms with van der Waals surface area (Å²) in [5, 5.41) is 3.30. The number of alkyl halides is 3. The summed E-state index contributed by atoms with van der Waals surface area (Å²) in [5.41, 5.74) is 0.377. The number of carbonyl (C=O) groups excluding carboxylic acids is 2. The first-order valence-electron chi connectivity index (χ1n) is 13.7. The predicted molar refractivity (Wildman–Crippen MR) is 137 cm³/mol. The molecular formula is C28H42F3N3O3. The van der Waals surface area contributed by atoms with Gasteiger partial charge in [0.1, 0.15) is 0 Å². The fourth-order valence-corrected chi connectivity index (χ4v) is 5.35. The minimum atomic E-state index is -4.53. The number of amides is 2. The molecule has 4 aliphatic rings. The lowest BCUT2D eigenvalue weighted by atomic mass is 9.88. The Labute approximate surface area is 218 Å². The number of nitrogens with zero attached hydrogens (tertiary/aromatic N) is 2. The molecule has 1 aromatic rings. The molecule has 2 aliphatic heterocycles. The van der Waals surface area contributed by atoms with E-state index in [2.05, 4.69) is 10.1 Å². The van der Waals surface area contributed by atoms with Crippen molar-refractivity contribution in [2.75, 3.05) is 19.6 Å². The van der Waals surface area contributed by atoms with Crippen molar-refractivity contribution in [3.8, 4) is 0 Å². The van der Waals surface area contributed by atoms with E-state index in [9.17, 15) is 22.8 Å². The van der Waals surface area contributed by atoms with Gasteiger partial charge in [0, 0.05) is 43.7 Å². The molecule has 2 heterocycles. The van der Waals surface area contributed by atoms with Gasteiger partial charge in [0.25, 0.3) is 0 Å². The second-order valence-electron chi connectivity index (χ2n) is 10.7. The molecule has 4 fully saturated rings. The number of rotatable bonds is 8. The quantitative estimate of drug-likeness (QED) is 0.469. The van der Waals surface area contributed by atoms with E-state index in [4.69, 9.17) is 0 Å². The minimum Gasteiger partial charge on any atom is -0.343 e. The van der Waals surface area contributed by atoms with Gasteiger partial charge in [0.2, 0.25) is 12.3 Å². The number of nitrogens with one attached hydrogen (secondary N) is 1. The largest absolute Gasteiger partial charge is 0.522 e. The predicted octanol–water partition coefficient (Wildman–Crippen LogP) is 5.28. The van der Waals surface area contributed by atoms with Crippen molar-refractivity contribution in [3.63, 3.8) is 0 Å². The number of halogens is 3. The van der Waals surface area contributed by atoms with Crippen LogP contribution >= 0.6 is 0 Å². The standard InChI is InChI=1S/C15H25F3N2O2.C7H11NO.C6H6/c1-11(5-4-6-14(21)20-7-2-3-8-20)19-12-9-13(10-12)22-15(16,17)18;9-6-8-5-1-2-7(8)3-4-7;1-2-4-6-5-3-1/h11-13,19H,2-10H2,1H3;6H,1-5H2;1-6H. The molecule has 0 aromatic heterocycles. The molecule has 9 heteroatoms. The lowest BCUT2D eigenvalue weighted by molar-refractivity contribution is -0.352. The molecule has 0 radical (unpaired) electrons. The van der Waals surface area contributed by atoms with Crippen LogP contribution in [0.3, 0.4) is 0 Å². The van der Waals surface area contributed by atoms with Gasteiger partial charge in [0.15, 0.2) is 0 Å². The Hall–Kier alpha value is -2.13. The van der Waals surface area contributed by atoms with Crippen LogP contribution in [0.2, 0.25) is 0 Å². The van der Waals surface area contributed by atoms with Crippen LogP contribution in [0, 0.1) is 0 Å². The summed E-state index contributed by atoms with van der Waals surface area (Å²) in [6.07, 6.45) is 6.02. The third kappa shape index (κ3) is 10.3. The van der Waals surface area contributed by atoms with Gasteiger partial charge in [-0.25, -0.2) is 0 Å². The topological polar surface area (TPSA) is 61.9 Å². The number of hydrogen-bond donors (Lipinski definition) is 1. The highest BCUT2D eigenvalue weighted by Gasteiger charge is 2.50. The summed E-state index contributed by atoms with van der Waals surface area (Å²) in [6, 6.07) is 12.3. The molecule has 1 aromatic carbocycles. The Morgan fingerprint density at radius 2 is 1.62 bits per heavy atom. The van der Waals surface area contributed by atoms with Crippen LogP contribution in [0.25, 0.3) is 0 Å². The molecule has 208 valence electrons. The first kappa shape index (κ1) is 29.4. The zero-order valence-electron chi connectivity index (χ0n) is 21.9. The average Bonchev–Trinajstić information content (AvgIpc) is 3.24. The van der Waals surface area contributed by atoms with Crippen molar-refractivity contribution >= 4 is 12.3 Å². The van der Waals surface area contributed by atoms with Crippen molar-refractivity contribution in [2.24, 2.45) is 0 Å². The maximum absolute atomic E-state index is 12.0. The van der Waals surface area contributed by atoms with Crippen molar-refractivity contribution in [2.45, 2.75) is 108 Å². The second kappa shape index (κ2) is 14.1. The van der Waals surface area contributed by atoms with Gasteiger partial charge in [-0.3, -0.25) is 14.3 Å². The van der Waals surface area contributed by atoms with Crippen molar-refractivity contribution in [1.82, 2.24) is 15.1 Å². The molecule has 6 nitrogen and oxygen atoms in total. The highest BCUT2D eigenvalue weighted by Crippen LogP contribution is 2.48. The zero-order chi connectivity index (χ0) is 26.7. The molecule has 2 aliphatic carbocycles. The number of hydrogen-bond acceptors (Lipinski definition) is 4. The third-order valence-corrected chi connectivity index (χ3v) is 7.67. The molecule has 2 saturated heterocycles. The normalized spacial score (nSPS) is 24.3. The van der Waals surface area contributed by atoms with Gasteiger partial charge >= 0.3 is 6.36 Å². The SMILES string of the molecule is CC(CCCC(=O)N1CCCC1)NC1CC(OC(F)(F)F)C1.O=CN1CCCC12CC2.c1ccccc1. The molecule has 1 unspecified atom stereocenters. The third-order valence-electron chi connectivity index (χ3n) is 7.67. The average molecular weight is 526 g/mol. The van der Waals surface area contributed by atoms with Crippen LogP contribution in [0.5, 0.6) is 0 Å². The minimum absolute atomic E-state index is 0.0941. The molecule has 2 saturated carbocycles. The summed E-state index contributed by atoms with van der Waals surface area (Å²) in [6.45, 7) is 4.78. The fourth-order valence-electron chi connectivity index (χ4n) is 5.35. The van der Waals surface area contributed by atoms with Gasteiger partial charge in [-0.1, -0.05) is 36.4 Å². The van der Waals surface area contributed by atoms with E-state index in [1.54, 1.807) is 0 Å². The van der Waals surface area contributed by atoms with Crippen LogP contribution in [-0.4, -0.2) is 71.8 Å². The van der Waals surface area contributed by atoms with Crippen molar-refractivity contribution < 1.29 is 27.5 Å². The summed E-state index contributed by atoms with van der Waals surface area (Å²) < 4.78 is 40.0. The molecule has 5 rings (SSSR count). The Bertz CT molecular complexity index is 781. The van der Waals surface area contributed by atoms with E-state index >= 15 is 0 Å². The zero-order valence-corrected chi connectivity index (χ0v) is 21.9. The van der Waals surface area contributed by atoms with Gasteiger partial charge in [0.05, 0.1) is 6.10 Å². The summed E-state index contributed by atoms with van der Waals surface area (Å²) in [5.74, 6) is 0.229. The Kier molecular flexibility index (Phi) is 11.2. The summed E-state index contributed by atoms with van der Waals surface area (Å²) in [4.78, 5) is 26.2. The van der Waals surface area contributed by atoms with E-state index < -0.39 is 12.5 Å². The van der Waals surface area contributed by atoms with Crippen LogP contribution in [0.15, 0.2) is 36.4 Å². The number of carbonyl (C=O) groups is 2. The number of benzene rings is 1. The Morgan fingerprint density at radius 3 is 2.11 bits per heavy atom. The molecule has 1 atom stereocenters. The van der Waals surface area contributed by atoms with E-state index in [0.29, 0.717) is 24.8 Å². The molecule has 2 amide bonds. The highest BCUT2D eigenvalue weighted by molar-refractivity contribution is 5.76. The van der Waals surface area contributed by atoms with Gasteiger partial charge < -0.3 is 15.1 Å². The maximum Gasteiger partial charge on any atom is 0.522 e. The van der Waals surface area contributed by atoms with Crippen molar-refractivity contribution in [3.05, 3.63) is 36.4 Å². The first-order chi connectivity index (χ1) is 17.7. The number of likely N-dealkylation sites (tertiary alicyclic amines) is 2. The molecule has 1 N–H and O–H groups in total. The Balaban J connectivity index is 0.000000203. The van der Waals surface area contributed by atoms with E-state index in [1.165, 1.54) is 25.7 Å². The lowest BCUT2D eigenvalue weighted by Crippen LogP contribution is -2.49. The van der Waals surface area contributed by atoms with Crippen LogP contribution in [0.4, 0.5) is 13.2 Å². The second-order valence-corrected chi connectivity index (χ2v) is 10.7. The lowest BCUT2D eigenvalue weighted by Gasteiger charge is -2.37. The molecule has 0 bridgehead atoms. The smallest absolute Gasteiger partial charge is 0.343 e. The maximum atomic E-state index is 12.0. The molecule has 37 heavy (non-hydrogen) atoms. The highest BCUT2D eigenvalue weighted by atomic mass is 19.4. The van der Waals surface area contributed by atoms with Gasteiger partial charge in [-0.15, -0.1) is 13.2 Å². The van der Waals surface area contributed by atoms with Gasteiger partial charge in [-0.2, -0.15) is 0 Å². The molecule has 1 spiro atoms. The van der Waals surface area contributed by atoms with Crippen LogP contribution in [-0.2, 0) is 14.3 Å². The van der Waals surface area contributed by atoms with Crippen LogP contribution < -0.4 is 5.32 Å². The van der Waals surface area contributed by atoms with Gasteiger partial charge in [-0.05, 0) is 71.1 Å².